The van der Waals surface area contributed by atoms with Gasteiger partial charge in [-0.2, -0.15) is 0 Å². The Labute approximate surface area is 139 Å². The third kappa shape index (κ3) is 3.32. The van der Waals surface area contributed by atoms with Crippen molar-refractivity contribution < 1.29 is 19.5 Å². The maximum Gasteiger partial charge on any atom is 0.308 e. The number of carbonyl (C=O) groups excluding carboxylic acids is 2. The molecule has 0 spiro atoms. The van der Waals surface area contributed by atoms with Gasteiger partial charge in [0.05, 0.1) is 6.42 Å². The summed E-state index contributed by atoms with van der Waals surface area (Å²) in [5.41, 5.74) is 1.82. The predicted molar refractivity (Wildman–Crippen MR) is 89.5 cm³/mol. The number of hydrogen-bond acceptors (Lipinski definition) is 4. The highest BCUT2D eigenvalue weighted by molar-refractivity contribution is 7.99. The maximum absolute atomic E-state index is 12.9. The zero-order chi connectivity index (χ0) is 17.1. The van der Waals surface area contributed by atoms with Crippen LogP contribution in [-0.2, 0) is 9.59 Å². The highest BCUT2D eigenvalue weighted by Gasteiger charge is 2.41. The Morgan fingerprint density at radius 3 is 2.57 bits per heavy atom. The van der Waals surface area contributed by atoms with Crippen LogP contribution in [0.3, 0.4) is 0 Å². The smallest absolute Gasteiger partial charge is 0.308 e. The normalized spacial score (nSPS) is 17.8. The van der Waals surface area contributed by atoms with E-state index in [0.717, 1.165) is 5.56 Å². The Morgan fingerprint density at radius 2 is 2.04 bits per heavy atom. The van der Waals surface area contributed by atoms with Gasteiger partial charge in [0, 0.05) is 23.3 Å². The van der Waals surface area contributed by atoms with Gasteiger partial charge in [0.2, 0.25) is 0 Å². The molecule has 23 heavy (non-hydrogen) atoms. The van der Waals surface area contributed by atoms with Gasteiger partial charge in [-0.05, 0) is 26.2 Å². The number of aliphatic carboxylic acids is 1. The quantitative estimate of drug-likeness (QED) is 0.810. The maximum atomic E-state index is 12.9. The molecule has 1 aromatic rings. The molecule has 1 heterocycles. The van der Waals surface area contributed by atoms with E-state index in [1.165, 1.54) is 11.8 Å². The average Bonchev–Trinajstić information content (AvgIpc) is 2.77. The fourth-order valence-corrected chi connectivity index (χ4v) is 3.75. The van der Waals surface area contributed by atoms with Gasteiger partial charge >= 0.3 is 5.97 Å². The molecule has 0 bridgehead atoms. The fraction of sp³-hybridized carbons (Fsp3) is 0.353. The first-order valence-electron chi connectivity index (χ1n) is 7.30. The third-order valence-electron chi connectivity index (χ3n) is 3.79. The van der Waals surface area contributed by atoms with Crippen molar-refractivity contribution in [3.8, 4) is 0 Å². The zero-order valence-electron chi connectivity index (χ0n) is 13.3. The van der Waals surface area contributed by atoms with E-state index in [4.69, 9.17) is 5.11 Å². The first-order valence-corrected chi connectivity index (χ1v) is 8.59. The van der Waals surface area contributed by atoms with Crippen LogP contribution in [0.15, 0.2) is 35.4 Å². The number of nitrogens with zero attached hydrogens (tertiary/aromatic N) is 1. The van der Waals surface area contributed by atoms with Crippen LogP contribution in [0.4, 0.5) is 0 Å². The van der Waals surface area contributed by atoms with Crippen LogP contribution < -0.4 is 0 Å². The second-order valence-corrected chi connectivity index (χ2v) is 6.26. The number of amides is 1. The number of hydrogen-bond donors (Lipinski definition) is 1. The van der Waals surface area contributed by atoms with Gasteiger partial charge in [-0.15, -0.1) is 11.8 Å². The molecular weight excluding hydrogens is 314 g/mol. The first-order chi connectivity index (χ1) is 10.9. The zero-order valence-corrected chi connectivity index (χ0v) is 14.1. The summed E-state index contributed by atoms with van der Waals surface area (Å²) in [6.45, 7) is 4.13. The lowest BCUT2D eigenvalue weighted by molar-refractivity contribution is -0.137. The van der Waals surface area contributed by atoms with Crippen molar-refractivity contribution in [1.82, 2.24) is 4.90 Å². The molecule has 0 saturated heterocycles. The molecule has 0 saturated carbocycles. The van der Waals surface area contributed by atoms with Crippen LogP contribution in [0.5, 0.6) is 0 Å². The van der Waals surface area contributed by atoms with E-state index in [-0.39, 0.29) is 17.3 Å². The molecule has 1 aromatic carbocycles. The summed E-state index contributed by atoms with van der Waals surface area (Å²) in [7, 11) is 0. The number of carboxylic acid groups (broad SMARTS) is 1. The molecule has 1 N–H and O–H groups in total. The number of carboxylic acids is 1. The summed E-state index contributed by atoms with van der Waals surface area (Å²) in [5.74, 6) is -1.74. The van der Waals surface area contributed by atoms with E-state index >= 15 is 0 Å². The number of carbonyl (C=O) groups is 3. The minimum Gasteiger partial charge on any atom is -0.481 e. The number of thioether (sulfide) groups is 1. The van der Waals surface area contributed by atoms with Gasteiger partial charge in [-0.3, -0.25) is 14.4 Å². The molecule has 0 aromatic heterocycles. The van der Waals surface area contributed by atoms with Crippen molar-refractivity contribution in [2.75, 3.05) is 12.8 Å². The molecule has 1 aliphatic rings. The topological polar surface area (TPSA) is 74.7 Å². The fourth-order valence-electron chi connectivity index (χ4n) is 2.77. The van der Waals surface area contributed by atoms with Gasteiger partial charge in [0.1, 0.15) is 5.37 Å². The molecule has 0 fully saturated rings. The van der Waals surface area contributed by atoms with Crippen LogP contribution in [0, 0.1) is 6.92 Å². The van der Waals surface area contributed by atoms with Crippen molar-refractivity contribution in [2.45, 2.75) is 25.6 Å². The number of Topliss-reactive ketones (excluding diaryl/α,β-unsaturated/α-hetero) is 1. The third-order valence-corrected chi connectivity index (χ3v) is 4.73. The van der Waals surface area contributed by atoms with Gasteiger partial charge in [-0.25, -0.2) is 0 Å². The van der Waals surface area contributed by atoms with Gasteiger partial charge in [-0.1, -0.05) is 23.8 Å². The van der Waals surface area contributed by atoms with E-state index in [1.54, 1.807) is 23.1 Å². The van der Waals surface area contributed by atoms with Gasteiger partial charge in [0.25, 0.3) is 5.91 Å². The lowest BCUT2D eigenvalue weighted by atomic mass is 9.97. The van der Waals surface area contributed by atoms with E-state index < -0.39 is 17.8 Å². The average molecular weight is 333 g/mol. The SMILES string of the molecule is CCN1C(=O)C(CC(=O)O)=C(C(=O)c2cccc(C)c2)[C@H]1SC. The van der Waals surface area contributed by atoms with E-state index in [2.05, 4.69) is 0 Å². The van der Waals surface area contributed by atoms with E-state index in [0.29, 0.717) is 17.7 Å². The summed E-state index contributed by atoms with van der Waals surface area (Å²) in [6.07, 6.45) is 1.38. The second kappa shape index (κ2) is 7.00. The lowest BCUT2D eigenvalue weighted by Gasteiger charge is -2.23. The molecule has 1 aliphatic heterocycles. The van der Waals surface area contributed by atoms with Crippen molar-refractivity contribution in [3.63, 3.8) is 0 Å². The highest BCUT2D eigenvalue weighted by atomic mass is 32.2. The number of rotatable bonds is 6. The molecule has 122 valence electrons. The van der Waals surface area contributed by atoms with Crippen molar-refractivity contribution in [1.29, 1.82) is 0 Å². The first kappa shape index (κ1) is 17.3. The number of benzene rings is 1. The summed E-state index contributed by atoms with van der Waals surface area (Å²) >= 11 is 1.37. The Bertz CT molecular complexity index is 696. The van der Waals surface area contributed by atoms with Gasteiger partial charge in [0.15, 0.2) is 5.78 Å². The molecule has 2 rings (SSSR count). The van der Waals surface area contributed by atoms with Crippen LogP contribution in [-0.4, -0.2) is 45.8 Å². The molecule has 5 nitrogen and oxygen atoms in total. The minimum absolute atomic E-state index is 0.102. The van der Waals surface area contributed by atoms with E-state index in [9.17, 15) is 14.4 Å². The predicted octanol–water partition coefficient (Wildman–Crippen LogP) is 2.50. The van der Waals surface area contributed by atoms with Crippen molar-refractivity contribution >= 4 is 29.4 Å². The van der Waals surface area contributed by atoms with Crippen LogP contribution in [0.2, 0.25) is 0 Å². The molecular formula is C17H19NO4S. The van der Waals surface area contributed by atoms with Crippen LogP contribution in [0.1, 0.15) is 29.3 Å². The highest BCUT2D eigenvalue weighted by Crippen LogP contribution is 2.35. The van der Waals surface area contributed by atoms with Gasteiger partial charge < -0.3 is 10.0 Å². The number of aryl methyl sites for hydroxylation is 1. The van der Waals surface area contributed by atoms with Crippen molar-refractivity contribution in [2.24, 2.45) is 0 Å². The molecule has 0 radical (unpaired) electrons. The summed E-state index contributed by atoms with van der Waals surface area (Å²) in [4.78, 5) is 38.1. The van der Waals surface area contributed by atoms with Crippen LogP contribution in [0.25, 0.3) is 0 Å². The van der Waals surface area contributed by atoms with Crippen molar-refractivity contribution in [3.05, 3.63) is 46.5 Å². The molecule has 6 heteroatoms. The van der Waals surface area contributed by atoms with E-state index in [1.807, 2.05) is 26.2 Å². The molecule has 1 amide bonds. The number of likely N-dealkylation sites (N-methyl/N-ethyl adjacent to an activating group) is 1. The number of ketones is 1. The second-order valence-electron chi connectivity index (χ2n) is 5.34. The summed E-state index contributed by atoms with van der Waals surface area (Å²) in [6, 6.07) is 7.11. The monoisotopic (exact) mass is 333 g/mol. The Kier molecular flexibility index (Phi) is 5.26. The molecule has 0 unspecified atom stereocenters. The minimum atomic E-state index is -1.11. The largest absolute Gasteiger partial charge is 0.481 e. The van der Waals surface area contributed by atoms with Crippen LogP contribution >= 0.6 is 11.8 Å². The molecule has 0 aliphatic carbocycles. The Morgan fingerprint density at radius 1 is 1.35 bits per heavy atom. The Balaban J connectivity index is 2.55. The summed E-state index contributed by atoms with van der Waals surface area (Å²) in [5, 5.41) is 8.67. The standard InChI is InChI=1S/C17H19NO4S/c1-4-18-16(22)12(9-13(19)20)14(17(18)23-3)15(21)11-7-5-6-10(2)8-11/h5-8,17H,4,9H2,1-3H3,(H,19,20)/t17-/m1/s1. The Hall–Kier alpha value is -2.08. The molecule has 1 atom stereocenters. The lowest BCUT2D eigenvalue weighted by Crippen LogP contribution is -2.34. The summed E-state index contributed by atoms with van der Waals surface area (Å²) < 4.78 is 0.